The number of hydrogen-bond donors (Lipinski definition) is 0. The summed E-state index contributed by atoms with van der Waals surface area (Å²) in [6.07, 6.45) is 0. The van der Waals surface area contributed by atoms with Gasteiger partial charge in [0.1, 0.15) is 0 Å². The predicted molar refractivity (Wildman–Crippen MR) is 93.6 cm³/mol. The first-order valence-electron chi connectivity index (χ1n) is 8.24. The van der Waals surface area contributed by atoms with E-state index in [2.05, 4.69) is 45.0 Å². The number of benzene rings is 1. The maximum atomic E-state index is 5.67. The monoisotopic (exact) mass is 296 g/mol. The summed E-state index contributed by atoms with van der Waals surface area (Å²) in [7, 11) is 0. The topological polar surface area (TPSA) is 18.5 Å². The normalized spacial score (nSPS) is 10.1. The summed E-state index contributed by atoms with van der Waals surface area (Å²) in [4.78, 5) is 0. The zero-order valence-electron chi connectivity index (χ0n) is 15.5. The summed E-state index contributed by atoms with van der Waals surface area (Å²) in [5.41, 5.74) is 2.66. The second kappa shape index (κ2) is 14.1. The van der Waals surface area contributed by atoms with Crippen LogP contribution in [0, 0.1) is 5.41 Å². The second-order valence-electron chi connectivity index (χ2n) is 5.51. The molecule has 2 nitrogen and oxygen atoms in total. The van der Waals surface area contributed by atoms with Gasteiger partial charge < -0.3 is 9.47 Å². The predicted octanol–water partition coefficient (Wildman–Crippen LogP) is 5.84. The van der Waals surface area contributed by atoms with Gasteiger partial charge >= 0.3 is 0 Å². The molecule has 0 bridgehead atoms. The van der Waals surface area contributed by atoms with Crippen LogP contribution >= 0.6 is 0 Å². The SMILES string of the molecule is CC.CC.CCOCc1ccc(COCC(C)(C)C)cc1. The Balaban J connectivity index is 0. The third-order valence-corrected chi connectivity index (χ3v) is 2.30. The number of rotatable bonds is 6. The molecule has 2 heteroatoms. The lowest BCUT2D eigenvalue weighted by atomic mass is 9.99. The van der Waals surface area contributed by atoms with E-state index in [-0.39, 0.29) is 5.41 Å². The van der Waals surface area contributed by atoms with E-state index in [0.29, 0.717) is 13.2 Å². The Morgan fingerprint density at radius 2 is 1.14 bits per heavy atom. The van der Waals surface area contributed by atoms with Gasteiger partial charge in [-0.05, 0) is 23.5 Å². The average Bonchev–Trinajstić information content (AvgIpc) is 2.49. The Hall–Kier alpha value is -0.860. The van der Waals surface area contributed by atoms with Gasteiger partial charge in [0.25, 0.3) is 0 Å². The third kappa shape index (κ3) is 13.9. The van der Waals surface area contributed by atoms with Gasteiger partial charge in [0.05, 0.1) is 19.8 Å². The van der Waals surface area contributed by atoms with E-state index in [1.807, 2.05) is 34.6 Å². The first kappa shape index (κ1) is 22.4. The van der Waals surface area contributed by atoms with Crippen molar-refractivity contribution in [2.75, 3.05) is 13.2 Å². The first-order chi connectivity index (χ1) is 10.0. The van der Waals surface area contributed by atoms with Crippen LogP contribution in [0.5, 0.6) is 0 Å². The highest BCUT2D eigenvalue weighted by atomic mass is 16.5. The van der Waals surface area contributed by atoms with E-state index >= 15 is 0 Å². The van der Waals surface area contributed by atoms with E-state index in [1.54, 1.807) is 0 Å². The molecule has 0 N–H and O–H groups in total. The molecule has 0 aliphatic carbocycles. The molecule has 0 saturated heterocycles. The Bertz CT molecular complexity index is 309. The molecule has 0 spiro atoms. The van der Waals surface area contributed by atoms with Crippen molar-refractivity contribution in [3.05, 3.63) is 35.4 Å². The molecule has 0 unspecified atom stereocenters. The van der Waals surface area contributed by atoms with Crippen LogP contribution < -0.4 is 0 Å². The lowest BCUT2D eigenvalue weighted by Crippen LogP contribution is -2.14. The van der Waals surface area contributed by atoms with Gasteiger partial charge in [-0.25, -0.2) is 0 Å². The first-order valence-corrected chi connectivity index (χ1v) is 8.24. The zero-order chi connectivity index (χ0) is 16.7. The van der Waals surface area contributed by atoms with E-state index in [0.717, 1.165) is 13.2 Å². The van der Waals surface area contributed by atoms with Crippen LogP contribution in [0.1, 0.15) is 66.5 Å². The van der Waals surface area contributed by atoms with Crippen LogP contribution in [0.2, 0.25) is 0 Å². The summed E-state index contributed by atoms with van der Waals surface area (Å²) in [6.45, 7) is 19.5. The highest BCUT2D eigenvalue weighted by Gasteiger charge is 2.09. The molecule has 0 heterocycles. The Morgan fingerprint density at radius 3 is 1.48 bits per heavy atom. The molecule has 1 aromatic rings. The standard InChI is InChI=1S/C15H24O2.2C2H6/c1-5-16-10-13-6-8-14(9-7-13)11-17-12-15(2,3)4;2*1-2/h6-9H,5,10-12H2,1-4H3;2*1-2H3. The molecule has 1 rings (SSSR count). The molecule has 0 aromatic heterocycles. The van der Waals surface area contributed by atoms with Crippen molar-refractivity contribution >= 4 is 0 Å². The lowest BCUT2D eigenvalue weighted by Gasteiger charge is -2.18. The van der Waals surface area contributed by atoms with Crippen LogP contribution in [-0.2, 0) is 22.7 Å². The van der Waals surface area contributed by atoms with Gasteiger partial charge in [-0.1, -0.05) is 72.7 Å². The highest BCUT2D eigenvalue weighted by Crippen LogP contribution is 2.14. The van der Waals surface area contributed by atoms with Crippen molar-refractivity contribution in [2.24, 2.45) is 5.41 Å². The third-order valence-electron chi connectivity index (χ3n) is 2.30. The van der Waals surface area contributed by atoms with Crippen molar-refractivity contribution in [2.45, 2.75) is 68.6 Å². The molecular formula is C19H36O2. The Kier molecular flexibility index (Phi) is 15.0. The summed E-state index contributed by atoms with van der Waals surface area (Å²) >= 11 is 0. The van der Waals surface area contributed by atoms with Crippen LogP contribution in [0.25, 0.3) is 0 Å². The Labute approximate surface area is 132 Å². The van der Waals surface area contributed by atoms with Gasteiger partial charge in [-0.15, -0.1) is 0 Å². The van der Waals surface area contributed by atoms with Crippen LogP contribution in [0.4, 0.5) is 0 Å². The van der Waals surface area contributed by atoms with Gasteiger partial charge in [0.2, 0.25) is 0 Å². The summed E-state index contributed by atoms with van der Waals surface area (Å²) in [6, 6.07) is 8.42. The quantitative estimate of drug-likeness (QED) is 0.656. The summed E-state index contributed by atoms with van der Waals surface area (Å²) in [5, 5.41) is 0. The largest absolute Gasteiger partial charge is 0.377 e. The van der Waals surface area contributed by atoms with Crippen molar-refractivity contribution in [3.63, 3.8) is 0 Å². The van der Waals surface area contributed by atoms with Gasteiger partial charge in [0.15, 0.2) is 0 Å². The van der Waals surface area contributed by atoms with Crippen LogP contribution in [0.15, 0.2) is 24.3 Å². The molecule has 0 amide bonds. The molecule has 0 aliphatic heterocycles. The van der Waals surface area contributed by atoms with Gasteiger partial charge in [-0.2, -0.15) is 0 Å². The Morgan fingerprint density at radius 1 is 0.762 bits per heavy atom. The van der Waals surface area contributed by atoms with E-state index in [1.165, 1.54) is 11.1 Å². The van der Waals surface area contributed by atoms with Crippen molar-refractivity contribution in [1.29, 1.82) is 0 Å². The van der Waals surface area contributed by atoms with Gasteiger partial charge in [0, 0.05) is 6.61 Å². The highest BCUT2D eigenvalue weighted by molar-refractivity contribution is 5.21. The number of ether oxygens (including phenoxy) is 2. The smallest absolute Gasteiger partial charge is 0.0717 e. The average molecular weight is 296 g/mol. The second-order valence-corrected chi connectivity index (χ2v) is 5.51. The van der Waals surface area contributed by atoms with Crippen LogP contribution in [0.3, 0.4) is 0 Å². The molecule has 0 atom stereocenters. The molecule has 21 heavy (non-hydrogen) atoms. The minimum absolute atomic E-state index is 0.231. The van der Waals surface area contributed by atoms with Gasteiger partial charge in [-0.3, -0.25) is 0 Å². The molecule has 0 radical (unpaired) electrons. The summed E-state index contributed by atoms with van der Waals surface area (Å²) < 4.78 is 11.0. The van der Waals surface area contributed by atoms with E-state index in [9.17, 15) is 0 Å². The number of hydrogen-bond acceptors (Lipinski definition) is 2. The molecule has 124 valence electrons. The summed E-state index contributed by atoms with van der Waals surface area (Å²) in [5.74, 6) is 0. The molecule has 0 fully saturated rings. The van der Waals surface area contributed by atoms with Crippen molar-refractivity contribution in [1.82, 2.24) is 0 Å². The zero-order valence-corrected chi connectivity index (χ0v) is 15.5. The molecule has 0 aliphatic rings. The van der Waals surface area contributed by atoms with E-state index in [4.69, 9.17) is 9.47 Å². The van der Waals surface area contributed by atoms with Crippen molar-refractivity contribution in [3.8, 4) is 0 Å². The van der Waals surface area contributed by atoms with E-state index < -0.39 is 0 Å². The lowest BCUT2D eigenvalue weighted by molar-refractivity contribution is 0.0599. The maximum absolute atomic E-state index is 5.67. The van der Waals surface area contributed by atoms with Crippen molar-refractivity contribution < 1.29 is 9.47 Å². The molecule has 1 aromatic carbocycles. The molecule has 0 saturated carbocycles. The molecular weight excluding hydrogens is 260 g/mol. The fourth-order valence-corrected chi connectivity index (χ4v) is 1.43. The minimum atomic E-state index is 0.231. The fourth-order valence-electron chi connectivity index (χ4n) is 1.43. The van der Waals surface area contributed by atoms with Crippen LogP contribution in [-0.4, -0.2) is 13.2 Å². The maximum Gasteiger partial charge on any atom is 0.0717 e. The fraction of sp³-hybridized carbons (Fsp3) is 0.684. The minimum Gasteiger partial charge on any atom is -0.377 e.